The number of allylic oxidation sites excluding steroid dienone is 8. The van der Waals surface area contributed by atoms with E-state index in [0.29, 0.717) is 26.1 Å². The van der Waals surface area contributed by atoms with Crippen molar-refractivity contribution in [3.8, 4) is 0 Å². The molecule has 0 heterocycles. The minimum Gasteiger partial charge on any atom is -0.466 e. The largest absolute Gasteiger partial charge is 0.466 e. The zero-order valence-electron chi connectivity index (χ0n) is 31.9. The number of ether oxygens (including phenoxy) is 1. The van der Waals surface area contributed by atoms with E-state index < -0.39 is 0 Å². The second kappa shape index (κ2) is 38.1. The van der Waals surface area contributed by atoms with Gasteiger partial charge < -0.3 is 14.9 Å². The van der Waals surface area contributed by atoms with Gasteiger partial charge in [0.05, 0.1) is 18.8 Å². The summed E-state index contributed by atoms with van der Waals surface area (Å²) in [6.07, 6.45) is 45.1. The van der Waals surface area contributed by atoms with Crippen molar-refractivity contribution in [3.05, 3.63) is 48.6 Å². The van der Waals surface area contributed by atoms with Gasteiger partial charge in [-0.3, -0.25) is 9.69 Å². The number of esters is 1. The SMILES string of the molecule is CCCCC/C=C\C/C=C\CCCCCCC(O)CN(CCCCC(=O)OCC)CC(O)CCCCCC/C=C\C/C=C\CCCCC. The molecule has 2 N–H and O–H groups in total. The molecule has 2 atom stereocenters. The van der Waals surface area contributed by atoms with Gasteiger partial charge in [0.25, 0.3) is 0 Å². The third-order valence-electron chi connectivity index (χ3n) is 8.82. The number of unbranched alkanes of at least 4 members (excludes halogenated alkanes) is 15. The van der Waals surface area contributed by atoms with Gasteiger partial charge in [-0.2, -0.15) is 0 Å². The number of hydrogen-bond donors (Lipinski definition) is 2. The number of nitrogens with zero attached hydrogens (tertiary/aromatic N) is 1. The molecule has 0 aromatic carbocycles. The van der Waals surface area contributed by atoms with Crippen LogP contribution >= 0.6 is 0 Å². The highest BCUT2D eigenvalue weighted by molar-refractivity contribution is 5.69. The first-order valence-corrected chi connectivity index (χ1v) is 20.4. The van der Waals surface area contributed by atoms with Crippen LogP contribution < -0.4 is 0 Å². The lowest BCUT2D eigenvalue weighted by molar-refractivity contribution is -0.143. The predicted octanol–water partition coefficient (Wildman–Crippen LogP) is 11.6. The smallest absolute Gasteiger partial charge is 0.305 e. The quantitative estimate of drug-likeness (QED) is 0.0393. The molecule has 0 saturated carbocycles. The van der Waals surface area contributed by atoms with E-state index >= 15 is 0 Å². The summed E-state index contributed by atoms with van der Waals surface area (Å²) in [4.78, 5) is 14.0. The van der Waals surface area contributed by atoms with Crippen LogP contribution in [0.2, 0.25) is 0 Å². The molecule has 5 nitrogen and oxygen atoms in total. The molecule has 0 aromatic heterocycles. The van der Waals surface area contributed by atoms with E-state index in [2.05, 4.69) is 67.4 Å². The van der Waals surface area contributed by atoms with Crippen LogP contribution in [0.25, 0.3) is 0 Å². The lowest BCUT2D eigenvalue weighted by Gasteiger charge is -2.27. The Morgan fingerprint density at radius 3 is 1.38 bits per heavy atom. The van der Waals surface area contributed by atoms with E-state index in [1.165, 1.54) is 77.0 Å². The first kappa shape index (κ1) is 46.3. The van der Waals surface area contributed by atoms with Crippen LogP contribution in [0, 0.1) is 0 Å². The van der Waals surface area contributed by atoms with Crippen molar-refractivity contribution in [3.63, 3.8) is 0 Å². The van der Waals surface area contributed by atoms with Gasteiger partial charge in [-0.25, -0.2) is 0 Å². The van der Waals surface area contributed by atoms with Crippen LogP contribution in [-0.4, -0.2) is 59.5 Å². The molecule has 0 spiro atoms. The van der Waals surface area contributed by atoms with Gasteiger partial charge in [0.2, 0.25) is 0 Å². The Kier molecular flexibility index (Phi) is 36.8. The highest BCUT2D eigenvalue weighted by Crippen LogP contribution is 2.13. The molecule has 2 unspecified atom stereocenters. The lowest BCUT2D eigenvalue weighted by Crippen LogP contribution is -2.38. The molecule has 0 bridgehead atoms. The van der Waals surface area contributed by atoms with Crippen molar-refractivity contribution in [2.24, 2.45) is 0 Å². The summed E-state index contributed by atoms with van der Waals surface area (Å²) in [5, 5.41) is 21.6. The maximum Gasteiger partial charge on any atom is 0.305 e. The number of carbonyl (C=O) groups is 1. The Hall–Kier alpha value is -1.69. The van der Waals surface area contributed by atoms with Crippen LogP contribution in [0.5, 0.6) is 0 Å². The number of aliphatic hydroxyl groups excluding tert-OH is 2. The molecule has 0 saturated heterocycles. The summed E-state index contributed by atoms with van der Waals surface area (Å²) in [6, 6.07) is 0. The van der Waals surface area contributed by atoms with E-state index in [1.807, 2.05) is 6.92 Å². The molecular weight excluding hydrogens is 594 g/mol. The fourth-order valence-corrected chi connectivity index (χ4v) is 5.90. The zero-order chi connectivity index (χ0) is 35.2. The number of aliphatic hydroxyl groups is 2. The Balaban J connectivity index is 4.24. The summed E-state index contributed by atoms with van der Waals surface area (Å²) in [7, 11) is 0. The van der Waals surface area contributed by atoms with Gasteiger partial charge in [0.1, 0.15) is 0 Å². The van der Waals surface area contributed by atoms with Gasteiger partial charge in [-0.15, -0.1) is 0 Å². The minimum atomic E-state index is -0.379. The zero-order valence-corrected chi connectivity index (χ0v) is 31.9. The lowest BCUT2D eigenvalue weighted by atomic mass is 10.1. The average Bonchev–Trinajstić information content (AvgIpc) is 3.07. The standard InChI is InChI=1S/C43H79NO4/c1-4-7-9-11-13-15-17-19-21-23-25-27-29-31-35-41(45)39-44(38-34-33-37-43(47)48-6-3)40-42(46)36-32-30-28-26-24-22-20-18-16-14-12-10-8-5-2/h13-16,19-22,41-42,45-46H,4-12,17-18,23-40H2,1-3H3/b15-13-,16-14-,21-19-,22-20-. The van der Waals surface area contributed by atoms with Crippen molar-refractivity contribution in [2.75, 3.05) is 26.2 Å². The van der Waals surface area contributed by atoms with Gasteiger partial charge >= 0.3 is 5.97 Å². The Labute approximate surface area is 298 Å². The van der Waals surface area contributed by atoms with Crippen molar-refractivity contribution < 1.29 is 19.7 Å². The van der Waals surface area contributed by atoms with Gasteiger partial charge in [0.15, 0.2) is 0 Å². The summed E-state index contributed by atoms with van der Waals surface area (Å²) in [5.74, 6) is -0.139. The van der Waals surface area contributed by atoms with Crippen LogP contribution in [-0.2, 0) is 9.53 Å². The number of hydrogen-bond acceptors (Lipinski definition) is 5. The summed E-state index contributed by atoms with van der Waals surface area (Å²) in [5.41, 5.74) is 0. The second-order valence-corrected chi connectivity index (χ2v) is 13.7. The fourth-order valence-electron chi connectivity index (χ4n) is 5.90. The molecule has 0 aromatic rings. The Bertz CT molecular complexity index is 738. The van der Waals surface area contributed by atoms with Crippen molar-refractivity contribution in [1.29, 1.82) is 0 Å². The van der Waals surface area contributed by atoms with Crippen LogP contribution in [0.1, 0.15) is 181 Å². The molecule has 0 aliphatic heterocycles. The number of carbonyl (C=O) groups excluding carboxylic acids is 1. The van der Waals surface area contributed by atoms with Gasteiger partial charge in [-0.1, -0.05) is 127 Å². The van der Waals surface area contributed by atoms with E-state index in [0.717, 1.165) is 83.6 Å². The molecule has 0 aliphatic carbocycles. The molecule has 0 amide bonds. The van der Waals surface area contributed by atoms with Crippen molar-refractivity contribution >= 4 is 5.97 Å². The van der Waals surface area contributed by atoms with Gasteiger partial charge in [-0.05, 0) is 103 Å². The minimum absolute atomic E-state index is 0.139. The van der Waals surface area contributed by atoms with E-state index in [4.69, 9.17) is 4.74 Å². The number of rotatable bonds is 36. The fraction of sp³-hybridized carbons (Fsp3) is 0.791. The van der Waals surface area contributed by atoms with E-state index in [-0.39, 0.29) is 18.2 Å². The Morgan fingerprint density at radius 2 is 0.958 bits per heavy atom. The highest BCUT2D eigenvalue weighted by atomic mass is 16.5. The van der Waals surface area contributed by atoms with Crippen LogP contribution in [0.15, 0.2) is 48.6 Å². The Morgan fingerprint density at radius 1 is 0.542 bits per heavy atom. The molecule has 0 aliphatic rings. The van der Waals surface area contributed by atoms with Crippen molar-refractivity contribution in [2.45, 2.75) is 193 Å². The highest BCUT2D eigenvalue weighted by Gasteiger charge is 2.16. The molecule has 0 radical (unpaired) electrons. The van der Waals surface area contributed by atoms with Crippen molar-refractivity contribution in [1.82, 2.24) is 4.90 Å². The normalized spacial score (nSPS) is 13.6. The van der Waals surface area contributed by atoms with Crippen LogP contribution in [0.3, 0.4) is 0 Å². The monoisotopic (exact) mass is 674 g/mol. The van der Waals surface area contributed by atoms with E-state index in [9.17, 15) is 15.0 Å². The second-order valence-electron chi connectivity index (χ2n) is 13.7. The topological polar surface area (TPSA) is 70.0 Å². The molecule has 5 heteroatoms. The van der Waals surface area contributed by atoms with Crippen LogP contribution in [0.4, 0.5) is 0 Å². The average molecular weight is 674 g/mol. The predicted molar refractivity (Wildman–Crippen MR) is 208 cm³/mol. The summed E-state index contributed by atoms with van der Waals surface area (Å²) < 4.78 is 5.07. The third-order valence-corrected chi connectivity index (χ3v) is 8.82. The first-order chi connectivity index (χ1) is 23.5. The summed E-state index contributed by atoms with van der Waals surface area (Å²) in [6.45, 7) is 8.71. The third kappa shape index (κ3) is 35.6. The maximum absolute atomic E-state index is 11.7. The van der Waals surface area contributed by atoms with Gasteiger partial charge in [0, 0.05) is 19.5 Å². The molecule has 0 rings (SSSR count). The maximum atomic E-state index is 11.7. The molecule has 48 heavy (non-hydrogen) atoms. The molecule has 280 valence electrons. The first-order valence-electron chi connectivity index (χ1n) is 20.4. The molecule has 0 fully saturated rings. The molecular formula is C43H79NO4. The van der Waals surface area contributed by atoms with E-state index in [1.54, 1.807) is 0 Å². The summed E-state index contributed by atoms with van der Waals surface area (Å²) >= 11 is 0.